The van der Waals surface area contributed by atoms with Crippen LogP contribution >= 0.6 is 15.7 Å². The normalized spacial score (nSPS) is 11.9. The van der Waals surface area contributed by atoms with Crippen LogP contribution in [0.25, 0.3) is 0 Å². The van der Waals surface area contributed by atoms with Crippen molar-refractivity contribution in [3.8, 4) is 0 Å². The lowest BCUT2D eigenvalue weighted by molar-refractivity contribution is 0.592. The highest BCUT2D eigenvalue weighted by Crippen LogP contribution is 2.41. The van der Waals surface area contributed by atoms with Gasteiger partial charge >= 0.3 is 0 Å². The monoisotopic (exact) mass is 324 g/mol. The van der Waals surface area contributed by atoms with Crippen LogP contribution in [0.3, 0.4) is 0 Å². The summed E-state index contributed by atoms with van der Waals surface area (Å²) in [6.45, 7) is 2.16. The van der Waals surface area contributed by atoms with E-state index in [0.29, 0.717) is 0 Å². The molecule has 0 N–H and O–H groups in total. The molecular formula is C19H18OP2. The topological polar surface area (TPSA) is 17.1 Å². The lowest BCUT2D eigenvalue weighted by Gasteiger charge is -2.20. The Morgan fingerprint density at radius 2 is 1.05 bits per heavy atom. The van der Waals surface area contributed by atoms with E-state index in [1.54, 1.807) is 0 Å². The van der Waals surface area contributed by atoms with Gasteiger partial charge in [0.1, 0.15) is 0 Å². The molecule has 3 aromatic carbocycles. The Labute approximate surface area is 133 Å². The standard InChI is InChI=1S/C19H18OP2/c1-21-16-12-14-19(15-13-16)22(20,17-8-4-2-5-9-17)18-10-6-3-7-11-18/h2-15,21H,1H3. The van der Waals surface area contributed by atoms with Gasteiger partial charge in [-0.1, -0.05) is 93.5 Å². The van der Waals surface area contributed by atoms with Crippen molar-refractivity contribution in [1.29, 1.82) is 0 Å². The highest BCUT2D eigenvalue weighted by molar-refractivity contribution is 7.85. The van der Waals surface area contributed by atoms with Crippen molar-refractivity contribution in [2.24, 2.45) is 0 Å². The third kappa shape index (κ3) is 2.80. The van der Waals surface area contributed by atoms with Crippen molar-refractivity contribution >= 4 is 36.9 Å². The van der Waals surface area contributed by atoms with E-state index in [2.05, 4.69) is 18.8 Å². The second-order valence-corrected chi connectivity index (χ2v) is 8.92. The summed E-state index contributed by atoms with van der Waals surface area (Å²) in [6.07, 6.45) is 0. The first kappa shape index (κ1) is 15.2. The van der Waals surface area contributed by atoms with Gasteiger partial charge in [-0.05, 0) is 12.0 Å². The Morgan fingerprint density at radius 1 is 0.636 bits per heavy atom. The maximum Gasteiger partial charge on any atom is 0.171 e. The first-order valence-corrected chi connectivity index (χ1v) is 10.5. The Bertz CT molecular complexity index is 737. The number of hydrogen-bond donors (Lipinski definition) is 0. The van der Waals surface area contributed by atoms with Gasteiger partial charge in [0.2, 0.25) is 0 Å². The van der Waals surface area contributed by atoms with Crippen LogP contribution in [0.4, 0.5) is 0 Å². The minimum absolute atomic E-state index is 0.753. The molecule has 3 heteroatoms. The summed E-state index contributed by atoms with van der Waals surface area (Å²) in [5.41, 5.74) is 0. The van der Waals surface area contributed by atoms with Crippen LogP contribution in [-0.2, 0) is 4.57 Å². The first-order valence-electron chi connectivity index (χ1n) is 7.25. The minimum atomic E-state index is -2.80. The van der Waals surface area contributed by atoms with E-state index in [-0.39, 0.29) is 0 Å². The van der Waals surface area contributed by atoms with Crippen LogP contribution in [0.2, 0.25) is 0 Å². The first-order chi connectivity index (χ1) is 10.7. The average Bonchev–Trinajstić information content (AvgIpc) is 2.62. The maximum absolute atomic E-state index is 14.0. The van der Waals surface area contributed by atoms with Gasteiger partial charge in [0.15, 0.2) is 7.14 Å². The summed E-state index contributed by atoms with van der Waals surface area (Å²) in [4.78, 5) is 0. The summed E-state index contributed by atoms with van der Waals surface area (Å²) in [6, 6.07) is 27.8. The number of hydrogen-bond acceptors (Lipinski definition) is 1. The smallest absolute Gasteiger partial charge is 0.171 e. The van der Waals surface area contributed by atoms with Crippen molar-refractivity contribution in [1.82, 2.24) is 0 Å². The molecule has 0 heterocycles. The number of benzene rings is 3. The van der Waals surface area contributed by atoms with E-state index in [1.807, 2.05) is 72.8 Å². The third-order valence-corrected chi connectivity index (χ3v) is 7.75. The van der Waals surface area contributed by atoms with E-state index in [0.717, 1.165) is 24.5 Å². The molecule has 0 aromatic heterocycles. The van der Waals surface area contributed by atoms with E-state index < -0.39 is 7.14 Å². The van der Waals surface area contributed by atoms with Crippen LogP contribution in [-0.4, -0.2) is 6.66 Å². The summed E-state index contributed by atoms with van der Waals surface area (Å²) < 4.78 is 14.0. The van der Waals surface area contributed by atoms with Gasteiger partial charge in [-0.15, -0.1) is 0 Å². The lowest BCUT2D eigenvalue weighted by Crippen LogP contribution is -2.25. The largest absolute Gasteiger partial charge is 0.309 e. The predicted molar refractivity (Wildman–Crippen MR) is 99.7 cm³/mol. The molecule has 1 atom stereocenters. The molecule has 1 unspecified atom stereocenters. The predicted octanol–water partition coefficient (Wildman–Crippen LogP) is 3.26. The minimum Gasteiger partial charge on any atom is -0.309 e. The molecule has 0 saturated carbocycles. The lowest BCUT2D eigenvalue weighted by atomic mass is 10.3. The summed E-state index contributed by atoms with van der Waals surface area (Å²) in [5, 5.41) is 3.95. The van der Waals surface area contributed by atoms with Crippen molar-refractivity contribution in [2.45, 2.75) is 0 Å². The molecule has 0 aliphatic heterocycles. The Kier molecular flexibility index (Phi) is 4.57. The van der Waals surface area contributed by atoms with Gasteiger partial charge in [-0.25, -0.2) is 0 Å². The van der Waals surface area contributed by atoms with E-state index in [9.17, 15) is 4.57 Å². The SMILES string of the molecule is CPc1ccc(P(=O)(c2ccccc2)c2ccccc2)cc1. The fourth-order valence-corrected chi connectivity index (χ4v) is 5.71. The Morgan fingerprint density at radius 3 is 1.45 bits per heavy atom. The van der Waals surface area contributed by atoms with Crippen LogP contribution in [0.1, 0.15) is 0 Å². The molecule has 0 aliphatic carbocycles. The maximum atomic E-state index is 14.0. The highest BCUT2D eigenvalue weighted by Gasteiger charge is 2.29. The van der Waals surface area contributed by atoms with Crippen LogP contribution < -0.4 is 21.2 Å². The van der Waals surface area contributed by atoms with Crippen molar-refractivity contribution in [3.05, 3.63) is 84.9 Å². The molecule has 22 heavy (non-hydrogen) atoms. The van der Waals surface area contributed by atoms with E-state index in [1.165, 1.54) is 5.30 Å². The molecule has 3 aromatic rings. The Hall–Kier alpha value is -1.68. The zero-order chi connectivity index (χ0) is 15.4. The fourth-order valence-electron chi connectivity index (χ4n) is 2.56. The van der Waals surface area contributed by atoms with Gasteiger partial charge < -0.3 is 4.57 Å². The third-order valence-electron chi connectivity index (χ3n) is 3.76. The molecule has 0 radical (unpaired) electrons. The second-order valence-electron chi connectivity index (χ2n) is 5.08. The van der Waals surface area contributed by atoms with Crippen molar-refractivity contribution in [2.75, 3.05) is 6.66 Å². The Balaban J connectivity index is 2.21. The van der Waals surface area contributed by atoms with Crippen LogP contribution in [0.15, 0.2) is 84.9 Å². The van der Waals surface area contributed by atoms with Crippen LogP contribution in [0.5, 0.6) is 0 Å². The van der Waals surface area contributed by atoms with Crippen molar-refractivity contribution in [3.63, 3.8) is 0 Å². The number of rotatable bonds is 4. The summed E-state index contributed by atoms with van der Waals surface area (Å²) >= 11 is 0. The molecule has 0 aliphatic rings. The molecule has 0 amide bonds. The molecule has 0 spiro atoms. The molecule has 0 bridgehead atoms. The molecule has 0 saturated heterocycles. The zero-order valence-electron chi connectivity index (χ0n) is 12.4. The van der Waals surface area contributed by atoms with Crippen LogP contribution in [0, 0.1) is 0 Å². The van der Waals surface area contributed by atoms with E-state index >= 15 is 0 Å². The van der Waals surface area contributed by atoms with Gasteiger partial charge in [0.25, 0.3) is 0 Å². The average molecular weight is 324 g/mol. The molecule has 3 rings (SSSR count). The highest BCUT2D eigenvalue weighted by atomic mass is 31.2. The van der Waals surface area contributed by atoms with Gasteiger partial charge in [-0.3, -0.25) is 0 Å². The second kappa shape index (κ2) is 6.61. The quantitative estimate of drug-likeness (QED) is 0.673. The van der Waals surface area contributed by atoms with Crippen molar-refractivity contribution < 1.29 is 4.57 Å². The summed E-state index contributed by atoms with van der Waals surface area (Å²) in [7, 11) is -2.05. The molecule has 0 fully saturated rings. The van der Waals surface area contributed by atoms with Gasteiger partial charge in [-0.2, -0.15) is 0 Å². The molecule has 110 valence electrons. The zero-order valence-corrected chi connectivity index (χ0v) is 14.3. The van der Waals surface area contributed by atoms with Gasteiger partial charge in [0.05, 0.1) is 0 Å². The molecule has 1 nitrogen and oxygen atoms in total. The fraction of sp³-hybridized carbons (Fsp3) is 0.0526. The van der Waals surface area contributed by atoms with E-state index in [4.69, 9.17) is 0 Å². The molecular weight excluding hydrogens is 306 g/mol. The van der Waals surface area contributed by atoms with Gasteiger partial charge in [0, 0.05) is 15.9 Å². The summed E-state index contributed by atoms with van der Waals surface area (Å²) in [5.74, 6) is 0.